The molecule has 2 heterocycles. The first-order valence-corrected chi connectivity index (χ1v) is 8.37. The van der Waals surface area contributed by atoms with Gasteiger partial charge in [0.15, 0.2) is 11.5 Å². The number of primary amides is 1. The molecule has 0 fully saturated rings. The number of hydrogen-bond acceptors (Lipinski definition) is 4. The highest BCUT2D eigenvalue weighted by atomic mass is 19.4. The molecule has 2 amide bonds. The lowest BCUT2D eigenvalue weighted by Gasteiger charge is -2.35. The fourth-order valence-corrected chi connectivity index (χ4v) is 3.45. The number of nitrogens with two attached hydrogens (primary N) is 1. The highest BCUT2D eigenvalue weighted by Gasteiger charge is 2.37. The van der Waals surface area contributed by atoms with Gasteiger partial charge >= 0.3 is 12.4 Å². The van der Waals surface area contributed by atoms with Crippen molar-refractivity contribution in [3.63, 3.8) is 0 Å². The monoisotopic (exact) mass is 392 g/mol. The highest BCUT2D eigenvalue weighted by molar-refractivity contribution is 6.02. The molecule has 0 saturated heterocycles. The third-order valence-electron chi connectivity index (χ3n) is 4.50. The second kappa shape index (κ2) is 6.63. The van der Waals surface area contributed by atoms with Crippen molar-refractivity contribution in [2.45, 2.75) is 18.8 Å². The van der Waals surface area contributed by atoms with Gasteiger partial charge in [-0.05, 0) is 18.2 Å². The number of rotatable bonds is 3. The van der Waals surface area contributed by atoms with Crippen molar-refractivity contribution in [1.82, 2.24) is 10.2 Å². The maximum absolute atomic E-state index is 12.7. The van der Waals surface area contributed by atoms with Crippen LogP contribution >= 0.6 is 0 Å². The van der Waals surface area contributed by atoms with Crippen LogP contribution in [0.2, 0.25) is 0 Å². The van der Waals surface area contributed by atoms with E-state index in [0.717, 1.165) is 0 Å². The van der Waals surface area contributed by atoms with Crippen LogP contribution in [0.3, 0.4) is 0 Å². The van der Waals surface area contributed by atoms with E-state index in [1.54, 1.807) is 30.5 Å². The van der Waals surface area contributed by atoms with Crippen LogP contribution in [-0.4, -0.2) is 29.2 Å². The zero-order valence-corrected chi connectivity index (χ0v) is 14.4. The lowest BCUT2D eigenvalue weighted by molar-refractivity contribution is -0.275. The Morgan fingerprint density at radius 1 is 1.29 bits per heavy atom. The number of nitrogens with zero attached hydrogens (tertiary/aromatic N) is 2. The number of aromatic nitrogens is 2. The number of amides is 2. The Hall–Kier alpha value is -3.43. The molecule has 28 heavy (non-hydrogen) atoms. The van der Waals surface area contributed by atoms with E-state index in [1.807, 2.05) is 0 Å². The summed E-state index contributed by atoms with van der Waals surface area (Å²) in [5.41, 5.74) is 7.24. The number of alkyl halides is 3. The summed E-state index contributed by atoms with van der Waals surface area (Å²) in [4.78, 5) is 13.7. The van der Waals surface area contributed by atoms with Gasteiger partial charge < -0.3 is 15.2 Å². The van der Waals surface area contributed by atoms with Gasteiger partial charge in [0.05, 0.1) is 30.0 Å². The number of anilines is 1. The first kappa shape index (κ1) is 18.0. The molecule has 3 N–H and O–H groups in total. The van der Waals surface area contributed by atoms with E-state index >= 15 is 0 Å². The Bertz CT molecular complexity index is 1030. The van der Waals surface area contributed by atoms with Crippen LogP contribution < -0.4 is 20.1 Å². The van der Waals surface area contributed by atoms with Gasteiger partial charge in [-0.2, -0.15) is 5.10 Å². The van der Waals surface area contributed by atoms with E-state index in [-0.39, 0.29) is 12.4 Å². The summed E-state index contributed by atoms with van der Waals surface area (Å²) in [6.45, 7) is 0.0983. The molecule has 10 heteroatoms. The topological polar surface area (TPSA) is 93.5 Å². The summed E-state index contributed by atoms with van der Waals surface area (Å²) >= 11 is 0. The molecule has 1 atom stereocenters. The molecule has 1 aliphatic heterocycles. The van der Waals surface area contributed by atoms with E-state index in [4.69, 9.17) is 10.5 Å². The Morgan fingerprint density at radius 3 is 2.82 bits per heavy atom. The molecule has 0 bridgehead atoms. The lowest BCUT2D eigenvalue weighted by atomic mass is 9.97. The Labute approximate surface area is 156 Å². The number of ether oxygens (including phenoxy) is 2. The van der Waals surface area contributed by atoms with Gasteiger partial charge in [-0.1, -0.05) is 18.2 Å². The van der Waals surface area contributed by atoms with E-state index in [1.165, 1.54) is 17.0 Å². The molecule has 4 rings (SSSR count). The molecule has 1 aliphatic rings. The van der Waals surface area contributed by atoms with Crippen molar-refractivity contribution in [2.75, 3.05) is 11.5 Å². The predicted octanol–water partition coefficient (Wildman–Crippen LogP) is 3.87. The minimum absolute atomic E-state index is 0.0540. The number of benzene rings is 2. The molecule has 1 aromatic heterocycles. The zero-order valence-electron chi connectivity index (χ0n) is 14.4. The van der Waals surface area contributed by atoms with Crippen LogP contribution in [0.25, 0.3) is 10.9 Å². The van der Waals surface area contributed by atoms with Crippen molar-refractivity contribution >= 4 is 22.6 Å². The molecular weight excluding hydrogens is 377 g/mol. The van der Waals surface area contributed by atoms with Gasteiger partial charge in [0.2, 0.25) is 0 Å². The molecule has 0 saturated carbocycles. The number of nitrogens with one attached hydrogen (secondary N) is 1. The van der Waals surface area contributed by atoms with E-state index in [2.05, 4.69) is 14.9 Å². The van der Waals surface area contributed by atoms with E-state index in [0.29, 0.717) is 28.6 Å². The van der Waals surface area contributed by atoms with Crippen LogP contribution in [0.4, 0.5) is 23.7 Å². The number of aromatic amines is 1. The summed E-state index contributed by atoms with van der Waals surface area (Å²) in [6, 6.07) is 8.03. The molecule has 7 nitrogen and oxygen atoms in total. The van der Waals surface area contributed by atoms with E-state index < -0.39 is 24.2 Å². The Kier molecular flexibility index (Phi) is 4.25. The number of carbonyl (C=O) groups is 1. The van der Waals surface area contributed by atoms with E-state index in [9.17, 15) is 18.0 Å². The smallest absolute Gasteiger partial charge is 0.489 e. The quantitative estimate of drug-likeness (QED) is 0.708. The molecule has 0 spiro atoms. The maximum Gasteiger partial charge on any atom is 0.573 e. The molecular formula is C18H15F3N4O3. The summed E-state index contributed by atoms with van der Waals surface area (Å²) < 4.78 is 47.7. The number of hydrogen-bond donors (Lipinski definition) is 2. The third-order valence-corrected chi connectivity index (χ3v) is 4.50. The van der Waals surface area contributed by atoms with Gasteiger partial charge in [0.1, 0.15) is 0 Å². The average Bonchev–Trinajstić information content (AvgIpc) is 3.10. The summed E-state index contributed by atoms with van der Waals surface area (Å²) in [5.74, 6) is -0.512. The standard InChI is InChI=1S/C18H15F3N4O3/c19-18(20,21)28-15-6-1-3-10-14(7-8-27-16(10)15)25(17(22)26)13-5-2-4-12-11(13)9-23-24-12/h1-6,9,14H,7-8H2,(H2,22,26)(H,23,24)/t14-/m1/s1. The molecule has 2 aromatic carbocycles. The zero-order chi connectivity index (χ0) is 19.9. The minimum Gasteiger partial charge on any atom is -0.489 e. The van der Waals surface area contributed by atoms with Crippen LogP contribution in [0.1, 0.15) is 18.0 Å². The Morgan fingerprint density at radius 2 is 2.07 bits per heavy atom. The number of fused-ring (bicyclic) bond motifs is 2. The second-order valence-electron chi connectivity index (χ2n) is 6.19. The largest absolute Gasteiger partial charge is 0.573 e. The van der Waals surface area contributed by atoms with Gasteiger partial charge in [-0.25, -0.2) is 4.79 Å². The fraction of sp³-hybridized carbons (Fsp3) is 0.222. The van der Waals surface area contributed by atoms with Crippen LogP contribution in [0.15, 0.2) is 42.6 Å². The number of H-pyrrole nitrogens is 1. The number of para-hydroxylation sites is 1. The number of halogens is 3. The van der Waals surface area contributed by atoms with Crippen molar-refractivity contribution in [3.8, 4) is 11.5 Å². The minimum atomic E-state index is -4.86. The summed E-state index contributed by atoms with van der Waals surface area (Å²) in [7, 11) is 0. The molecule has 3 aromatic rings. The maximum atomic E-state index is 12.7. The Balaban J connectivity index is 1.82. The van der Waals surface area contributed by atoms with Gasteiger partial charge in [0.25, 0.3) is 0 Å². The number of carbonyl (C=O) groups excluding carboxylic acids is 1. The highest BCUT2D eigenvalue weighted by Crippen LogP contribution is 2.45. The predicted molar refractivity (Wildman–Crippen MR) is 94.1 cm³/mol. The first-order valence-electron chi connectivity index (χ1n) is 8.37. The SMILES string of the molecule is NC(=O)N(c1cccc2[nH]ncc12)[C@@H]1CCOc2c(OC(F)(F)F)cccc21. The fourth-order valence-electron chi connectivity index (χ4n) is 3.45. The summed E-state index contributed by atoms with van der Waals surface area (Å²) in [6.07, 6.45) is -2.96. The third kappa shape index (κ3) is 3.17. The van der Waals surface area contributed by atoms with Crippen LogP contribution in [0.5, 0.6) is 11.5 Å². The van der Waals surface area contributed by atoms with Crippen LogP contribution in [0, 0.1) is 0 Å². The van der Waals surface area contributed by atoms with Crippen molar-refractivity contribution in [3.05, 3.63) is 48.2 Å². The average molecular weight is 392 g/mol. The molecule has 0 radical (unpaired) electrons. The van der Waals surface area contributed by atoms with Gasteiger partial charge in [-0.3, -0.25) is 10.00 Å². The molecule has 0 aliphatic carbocycles. The van der Waals surface area contributed by atoms with Crippen molar-refractivity contribution in [1.29, 1.82) is 0 Å². The van der Waals surface area contributed by atoms with Crippen LogP contribution in [-0.2, 0) is 0 Å². The molecule has 0 unspecified atom stereocenters. The second-order valence-corrected chi connectivity index (χ2v) is 6.19. The van der Waals surface area contributed by atoms with Gasteiger partial charge in [-0.15, -0.1) is 13.2 Å². The van der Waals surface area contributed by atoms with Crippen molar-refractivity contribution in [2.24, 2.45) is 5.73 Å². The molecule has 146 valence electrons. The van der Waals surface area contributed by atoms with Crippen molar-refractivity contribution < 1.29 is 27.4 Å². The normalized spacial score (nSPS) is 16.3. The lowest BCUT2D eigenvalue weighted by Crippen LogP contribution is -2.41. The first-order chi connectivity index (χ1) is 13.3. The number of urea groups is 1. The van der Waals surface area contributed by atoms with Gasteiger partial charge in [0, 0.05) is 17.4 Å². The summed E-state index contributed by atoms with van der Waals surface area (Å²) in [5, 5.41) is 7.45.